The van der Waals surface area contributed by atoms with Crippen LogP contribution < -0.4 is 4.74 Å². The average Bonchev–Trinajstić information content (AvgIpc) is 2.63. The number of rotatable bonds is 7. The first-order chi connectivity index (χ1) is 12.0. The van der Waals surface area contributed by atoms with Crippen molar-refractivity contribution in [3.63, 3.8) is 0 Å². The van der Waals surface area contributed by atoms with Gasteiger partial charge in [-0.15, -0.1) is 0 Å². The number of amides is 1. The Bertz CT molecular complexity index is 523. The van der Waals surface area contributed by atoms with Gasteiger partial charge in [0.05, 0.1) is 0 Å². The van der Waals surface area contributed by atoms with Crippen molar-refractivity contribution < 1.29 is 9.53 Å². The standard InChI is InChI=1S/C20H31ClN2O2/c1-4-23(5-2)15-17-8-6-16(7-9-17)14-22(3)20(24)25-19-12-10-18(21)11-13-19/h10-13,16-17H,4-9,14-15H2,1-3H3. The molecule has 0 saturated heterocycles. The van der Waals surface area contributed by atoms with Gasteiger partial charge in [-0.1, -0.05) is 25.4 Å². The zero-order valence-corrected chi connectivity index (χ0v) is 16.5. The maximum Gasteiger partial charge on any atom is 0.414 e. The van der Waals surface area contributed by atoms with Crippen LogP contribution in [0.4, 0.5) is 4.79 Å². The van der Waals surface area contributed by atoms with Gasteiger partial charge in [0.15, 0.2) is 0 Å². The number of carbonyl (C=O) groups excluding carboxylic acids is 1. The second-order valence-electron chi connectivity index (χ2n) is 7.08. The van der Waals surface area contributed by atoms with Crippen LogP contribution in [0.15, 0.2) is 24.3 Å². The van der Waals surface area contributed by atoms with Crippen LogP contribution in [0, 0.1) is 11.8 Å². The molecule has 25 heavy (non-hydrogen) atoms. The van der Waals surface area contributed by atoms with E-state index in [1.807, 2.05) is 7.05 Å². The highest BCUT2D eigenvalue weighted by Gasteiger charge is 2.25. The molecular weight excluding hydrogens is 336 g/mol. The summed E-state index contributed by atoms with van der Waals surface area (Å²) >= 11 is 5.85. The van der Waals surface area contributed by atoms with Crippen LogP contribution in [-0.2, 0) is 0 Å². The molecule has 0 radical (unpaired) electrons. The zero-order chi connectivity index (χ0) is 18.2. The molecule has 1 amide bonds. The molecule has 0 bridgehead atoms. The summed E-state index contributed by atoms with van der Waals surface area (Å²) in [7, 11) is 1.82. The van der Waals surface area contributed by atoms with Gasteiger partial charge in [0, 0.05) is 25.2 Å². The molecule has 0 atom stereocenters. The van der Waals surface area contributed by atoms with E-state index >= 15 is 0 Å². The lowest BCUT2D eigenvalue weighted by molar-refractivity contribution is 0.139. The molecule has 0 aromatic heterocycles. The summed E-state index contributed by atoms with van der Waals surface area (Å²) in [5.41, 5.74) is 0. The van der Waals surface area contributed by atoms with Gasteiger partial charge in [-0.05, 0) is 74.9 Å². The lowest BCUT2D eigenvalue weighted by Gasteiger charge is -2.33. The van der Waals surface area contributed by atoms with Crippen LogP contribution in [0.3, 0.4) is 0 Å². The molecule has 0 N–H and O–H groups in total. The number of ether oxygens (including phenoxy) is 1. The summed E-state index contributed by atoms with van der Waals surface area (Å²) in [6, 6.07) is 6.88. The molecule has 0 aliphatic heterocycles. The molecule has 5 heteroatoms. The predicted molar refractivity (Wildman–Crippen MR) is 103 cm³/mol. The smallest absolute Gasteiger partial charge is 0.410 e. The minimum Gasteiger partial charge on any atom is -0.410 e. The third kappa shape index (κ3) is 6.52. The molecule has 1 fully saturated rings. The largest absolute Gasteiger partial charge is 0.414 e. The van der Waals surface area contributed by atoms with E-state index in [1.165, 1.54) is 32.2 Å². The number of nitrogens with zero attached hydrogens (tertiary/aromatic N) is 2. The average molecular weight is 367 g/mol. The molecule has 1 aromatic rings. The highest BCUT2D eigenvalue weighted by atomic mass is 35.5. The monoisotopic (exact) mass is 366 g/mol. The Balaban J connectivity index is 1.73. The van der Waals surface area contributed by atoms with Crippen LogP contribution >= 0.6 is 11.6 Å². The van der Waals surface area contributed by atoms with Crippen LogP contribution in [0.2, 0.25) is 5.02 Å². The summed E-state index contributed by atoms with van der Waals surface area (Å²) in [5, 5.41) is 0.634. The van der Waals surface area contributed by atoms with Crippen molar-refractivity contribution in [3.8, 4) is 5.75 Å². The minimum absolute atomic E-state index is 0.299. The fourth-order valence-electron chi connectivity index (χ4n) is 3.59. The van der Waals surface area contributed by atoms with E-state index in [-0.39, 0.29) is 6.09 Å². The second kappa shape index (κ2) is 10.0. The van der Waals surface area contributed by atoms with Crippen molar-refractivity contribution in [2.24, 2.45) is 11.8 Å². The summed E-state index contributed by atoms with van der Waals surface area (Å²) < 4.78 is 5.40. The van der Waals surface area contributed by atoms with Gasteiger partial charge in [0.25, 0.3) is 0 Å². The predicted octanol–water partition coefficient (Wildman–Crippen LogP) is 4.92. The molecule has 0 heterocycles. The van der Waals surface area contributed by atoms with Crippen LogP contribution in [0.1, 0.15) is 39.5 Å². The molecule has 4 nitrogen and oxygen atoms in total. The molecule has 1 aliphatic rings. The van der Waals surface area contributed by atoms with Crippen molar-refractivity contribution >= 4 is 17.7 Å². The van der Waals surface area contributed by atoms with Crippen molar-refractivity contribution in [3.05, 3.63) is 29.3 Å². The Morgan fingerprint density at radius 2 is 1.56 bits per heavy atom. The van der Waals surface area contributed by atoms with Gasteiger partial charge in [-0.3, -0.25) is 0 Å². The highest BCUT2D eigenvalue weighted by Crippen LogP contribution is 2.30. The third-order valence-corrected chi connectivity index (χ3v) is 5.49. The molecule has 1 aliphatic carbocycles. The van der Waals surface area contributed by atoms with E-state index < -0.39 is 0 Å². The first kappa shape index (κ1) is 20.1. The Morgan fingerprint density at radius 3 is 2.08 bits per heavy atom. The summed E-state index contributed by atoms with van der Waals surface area (Å²) in [6.07, 6.45) is 4.63. The summed E-state index contributed by atoms with van der Waals surface area (Å²) in [6.45, 7) is 8.72. The Labute approximate surface area is 157 Å². The second-order valence-corrected chi connectivity index (χ2v) is 7.51. The fraction of sp³-hybridized carbons (Fsp3) is 0.650. The number of benzene rings is 1. The molecule has 1 aromatic carbocycles. The minimum atomic E-state index is -0.299. The van der Waals surface area contributed by atoms with Crippen molar-refractivity contribution in [2.75, 3.05) is 33.2 Å². The summed E-state index contributed by atoms with van der Waals surface area (Å²) in [5.74, 6) is 1.92. The number of carbonyl (C=O) groups is 1. The first-order valence-electron chi connectivity index (χ1n) is 9.42. The fourth-order valence-corrected chi connectivity index (χ4v) is 3.71. The van der Waals surface area contributed by atoms with Crippen molar-refractivity contribution in [2.45, 2.75) is 39.5 Å². The third-order valence-electron chi connectivity index (χ3n) is 5.24. The Hall–Kier alpha value is -1.26. The molecule has 140 valence electrons. The maximum absolute atomic E-state index is 12.2. The van der Waals surface area contributed by atoms with Gasteiger partial charge in [-0.25, -0.2) is 4.79 Å². The zero-order valence-electron chi connectivity index (χ0n) is 15.7. The molecule has 0 unspecified atom stereocenters. The lowest BCUT2D eigenvalue weighted by atomic mass is 9.81. The molecule has 0 spiro atoms. The van der Waals surface area contributed by atoms with Gasteiger partial charge >= 0.3 is 6.09 Å². The van der Waals surface area contributed by atoms with E-state index in [0.717, 1.165) is 25.6 Å². The SMILES string of the molecule is CCN(CC)CC1CCC(CN(C)C(=O)Oc2ccc(Cl)cc2)CC1. The number of hydrogen-bond acceptors (Lipinski definition) is 3. The normalized spacial score (nSPS) is 20.5. The van der Waals surface area contributed by atoms with Gasteiger partial charge in [0.2, 0.25) is 0 Å². The van der Waals surface area contributed by atoms with Gasteiger partial charge in [0.1, 0.15) is 5.75 Å². The highest BCUT2D eigenvalue weighted by molar-refractivity contribution is 6.30. The van der Waals surface area contributed by atoms with E-state index in [0.29, 0.717) is 16.7 Å². The van der Waals surface area contributed by atoms with E-state index in [4.69, 9.17) is 16.3 Å². The van der Waals surface area contributed by atoms with Crippen molar-refractivity contribution in [1.82, 2.24) is 9.80 Å². The number of hydrogen-bond donors (Lipinski definition) is 0. The summed E-state index contributed by atoms with van der Waals surface area (Å²) in [4.78, 5) is 16.4. The van der Waals surface area contributed by atoms with Gasteiger partial charge < -0.3 is 14.5 Å². The van der Waals surface area contributed by atoms with Crippen LogP contribution in [0.25, 0.3) is 0 Å². The lowest BCUT2D eigenvalue weighted by Crippen LogP contribution is -2.36. The van der Waals surface area contributed by atoms with Crippen LogP contribution in [0.5, 0.6) is 5.75 Å². The van der Waals surface area contributed by atoms with Gasteiger partial charge in [-0.2, -0.15) is 0 Å². The maximum atomic E-state index is 12.2. The molecular formula is C20H31ClN2O2. The molecule has 1 saturated carbocycles. The van der Waals surface area contributed by atoms with Crippen LogP contribution in [-0.4, -0.2) is 49.1 Å². The van der Waals surface area contributed by atoms with Crippen molar-refractivity contribution in [1.29, 1.82) is 0 Å². The molecule has 2 rings (SSSR count). The number of halogens is 1. The Morgan fingerprint density at radius 1 is 1.04 bits per heavy atom. The topological polar surface area (TPSA) is 32.8 Å². The first-order valence-corrected chi connectivity index (χ1v) is 9.80. The van der Waals surface area contributed by atoms with E-state index in [2.05, 4.69) is 18.7 Å². The van der Waals surface area contributed by atoms with E-state index in [9.17, 15) is 4.79 Å². The Kier molecular flexibility index (Phi) is 8.04. The quantitative estimate of drug-likeness (QED) is 0.686. The van der Waals surface area contributed by atoms with E-state index in [1.54, 1.807) is 29.2 Å².